The molecule has 5 heteroatoms. The Morgan fingerprint density at radius 1 is 1.08 bits per heavy atom. The highest BCUT2D eigenvalue weighted by Crippen LogP contribution is 2.15. The van der Waals surface area contributed by atoms with Gasteiger partial charge in [-0.25, -0.2) is 0 Å². The van der Waals surface area contributed by atoms with Crippen LogP contribution in [-0.4, -0.2) is 31.0 Å². The fourth-order valence-corrected chi connectivity index (χ4v) is 1.21. The normalized spacial score (nSPS) is 31.0. The van der Waals surface area contributed by atoms with Gasteiger partial charge in [-0.15, -0.1) is 0 Å². The first-order valence-corrected chi connectivity index (χ1v) is 4.09. The van der Waals surface area contributed by atoms with Gasteiger partial charge < -0.3 is 0 Å². The molecule has 2 aliphatic heterocycles. The first-order valence-electron chi connectivity index (χ1n) is 4.09. The summed E-state index contributed by atoms with van der Waals surface area (Å²) in [7, 11) is 0. The molecule has 2 unspecified atom stereocenters. The summed E-state index contributed by atoms with van der Waals surface area (Å²) in [5, 5.41) is 15.0. The summed E-state index contributed by atoms with van der Waals surface area (Å²) in [5.74, 6) is 0.238. The quantitative estimate of drug-likeness (QED) is 0.614. The summed E-state index contributed by atoms with van der Waals surface area (Å²) in [6.45, 7) is 1.44. The lowest BCUT2D eigenvalue weighted by Crippen LogP contribution is -2.25. The van der Waals surface area contributed by atoms with Crippen molar-refractivity contribution >= 4 is 5.78 Å². The lowest BCUT2D eigenvalue weighted by atomic mass is 10.0. The van der Waals surface area contributed by atoms with Gasteiger partial charge in [0.1, 0.15) is 5.78 Å². The molecular weight excluding hydrogens is 156 g/mol. The topological polar surface area (TPSA) is 66.5 Å². The number of rotatable bonds is 4. The summed E-state index contributed by atoms with van der Waals surface area (Å²) in [5.41, 5.74) is 0. The summed E-state index contributed by atoms with van der Waals surface area (Å²) in [6.07, 6.45) is 1.07. The lowest BCUT2D eigenvalue weighted by Gasteiger charge is -2.17. The van der Waals surface area contributed by atoms with Gasteiger partial charge in [-0.2, -0.15) is 20.5 Å². The highest BCUT2D eigenvalue weighted by Gasteiger charge is 2.22. The molecule has 2 aliphatic rings. The van der Waals surface area contributed by atoms with E-state index in [1.807, 2.05) is 0 Å². The highest BCUT2D eigenvalue weighted by molar-refractivity contribution is 5.79. The van der Waals surface area contributed by atoms with Crippen molar-refractivity contribution in [2.24, 2.45) is 20.5 Å². The monoisotopic (exact) mass is 166 g/mol. The Kier molecular flexibility index (Phi) is 1.93. The minimum atomic E-state index is 0.162. The second kappa shape index (κ2) is 3.08. The maximum atomic E-state index is 11.2. The van der Waals surface area contributed by atoms with E-state index in [0.29, 0.717) is 12.8 Å². The van der Waals surface area contributed by atoms with E-state index in [4.69, 9.17) is 0 Å². The zero-order valence-corrected chi connectivity index (χ0v) is 6.68. The number of Topliss-reactive ketones (excluding diaryl/α,β-unsaturated/α-hetero) is 1. The van der Waals surface area contributed by atoms with Gasteiger partial charge in [0.15, 0.2) is 0 Å². The molecular formula is C7H10N4O. The van der Waals surface area contributed by atoms with Crippen LogP contribution in [0.15, 0.2) is 20.5 Å². The summed E-state index contributed by atoms with van der Waals surface area (Å²) >= 11 is 0. The van der Waals surface area contributed by atoms with E-state index in [1.165, 1.54) is 0 Å². The largest absolute Gasteiger partial charge is 0.300 e. The Morgan fingerprint density at radius 2 is 1.50 bits per heavy atom. The third kappa shape index (κ3) is 1.54. The molecule has 0 aliphatic carbocycles. The molecule has 0 aromatic carbocycles. The van der Waals surface area contributed by atoms with E-state index in [1.54, 1.807) is 0 Å². The van der Waals surface area contributed by atoms with E-state index in [-0.39, 0.29) is 17.9 Å². The van der Waals surface area contributed by atoms with Gasteiger partial charge in [0.25, 0.3) is 0 Å². The van der Waals surface area contributed by atoms with E-state index in [9.17, 15) is 4.79 Å². The molecule has 2 heterocycles. The van der Waals surface area contributed by atoms with E-state index in [0.717, 1.165) is 13.1 Å². The van der Waals surface area contributed by atoms with Crippen LogP contribution in [0.2, 0.25) is 0 Å². The Labute approximate surface area is 70.0 Å². The molecule has 0 saturated carbocycles. The SMILES string of the molecule is O=C(CC1CN=N1)CC1CN=N1. The second-order valence-electron chi connectivity index (χ2n) is 3.13. The molecule has 12 heavy (non-hydrogen) atoms. The van der Waals surface area contributed by atoms with E-state index >= 15 is 0 Å². The molecule has 0 aromatic heterocycles. The van der Waals surface area contributed by atoms with Crippen LogP contribution >= 0.6 is 0 Å². The zero-order chi connectivity index (χ0) is 8.39. The molecule has 64 valence electrons. The molecule has 0 N–H and O–H groups in total. The average Bonchev–Trinajstić information content (AvgIpc) is 1.89. The third-order valence-corrected chi connectivity index (χ3v) is 2.00. The van der Waals surface area contributed by atoms with Crippen molar-refractivity contribution in [3.8, 4) is 0 Å². The zero-order valence-electron chi connectivity index (χ0n) is 6.68. The van der Waals surface area contributed by atoms with Gasteiger partial charge in [0.2, 0.25) is 0 Å². The van der Waals surface area contributed by atoms with Gasteiger partial charge in [0, 0.05) is 12.8 Å². The number of hydrogen-bond donors (Lipinski definition) is 0. The van der Waals surface area contributed by atoms with Crippen LogP contribution in [-0.2, 0) is 4.79 Å². The number of ketones is 1. The number of carbonyl (C=O) groups is 1. The highest BCUT2D eigenvalue weighted by atomic mass is 16.1. The average molecular weight is 166 g/mol. The molecule has 0 radical (unpaired) electrons. The standard InChI is InChI=1S/C7H10N4O/c12-7(1-5-3-8-10-5)2-6-4-9-11-6/h5-6H,1-4H2. The van der Waals surface area contributed by atoms with Crippen LogP contribution < -0.4 is 0 Å². The summed E-state index contributed by atoms with van der Waals surface area (Å²) in [4.78, 5) is 11.2. The van der Waals surface area contributed by atoms with Crippen molar-refractivity contribution in [2.45, 2.75) is 24.9 Å². The Bertz CT molecular complexity index is 224. The Balaban J connectivity index is 1.69. The number of carbonyl (C=O) groups excluding carboxylic acids is 1. The molecule has 0 fully saturated rings. The molecule has 5 nitrogen and oxygen atoms in total. The van der Waals surface area contributed by atoms with Crippen molar-refractivity contribution < 1.29 is 4.79 Å². The van der Waals surface area contributed by atoms with Crippen LogP contribution in [0.4, 0.5) is 0 Å². The smallest absolute Gasteiger partial charge is 0.137 e. The van der Waals surface area contributed by atoms with Crippen molar-refractivity contribution in [1.82, 2.24) is 0 Å². The fraction of sp³-hybridized carbons (Fsp3) is 0.857. The molecule has 0 spiro atoms. The molecule has 2 rings (SSSR count). The third-order valence-electron chi connectivity index (χ3n) is 2.00. The predicted molar refractivity (Wildman–Crippen MR) is 41.3 cm³/mol. The first kappa shape index (κ1) is 7.52. The number of hydrogen-bond acceptors (Lipinski definition) is 5. The van der Waals surface area contributed by atoms with Gasteiger partial charge >= 0.3 is 0 Å². The molecule has 0 saturated heterocycles. The molecule has 2 atom stereocenters. The predicted octanol–water partition coefficient (Wildman–Crippen LogP) is 1.00. The maximum absolute atomic E-state index is 11.2. The van der Waals surface area contributed by atoms with Crippen molar-refractivity contribution in [3.63, 3.8) is 0 Å². The summed E-state index contributed by atoms with van der Waals surface area (Å²) in [6, 6.07) is 0.323. The van der Waals surface area contributed by atoms with Gasteiger partial charge in [-0.1, -0.05) is 0 Å². The van der Waals surface area contributed by atoms with Gasteiger partial charge in [0.05, 0.1) is 25.2 Å². The van der Waals surface area contributed by atoms with Crippen LogP contribution in [0.25, 0.3) is 0 Å². The molecule has 0 amide bonds. The molecule has 0 aromatic rings. The van der Waals surface area contributed by atoms with Crippen LogP contribution in [0.3, 0.4) is 0 Å². The second-order valence-corrected chi connectivity index (χ2v) is 3.13. The van der Waals surface area contributed by atoms with Crippen molar-refractivity contribution in [2.75, 3.05) is 13.1 Å². The Morgan fingerprint density at radius 3 is 1.75 bits per heavy atom. The fourth-order valence-electron chi connectivity index (χ4n) is 1.21. The van der Waals surface area contributed by atoms with Crippen LogP contribution in [0.1, 0.15) is 12.8 Å². The minimum Gasteiger partial charge on any atom is -0.300 e. The van der Waals surface area contributed by atoms with Crippen molar-refractivity contribution in [3.05, 3.63) is 0 Å². The number of azo groups is 2. The van der Waals surface area contributed by atoms with Gasteiger partial charge in [-0.3, -0.25) is 4.79 Å². The minimum absolute atomic E-state index is 0.162. The van der Waals surface area contributed by atoms with Crippen molar-refractivity contribution in [1.29, 1.82) is 0 Å². The first-order chi connectivity index (χ1) is 5.84. The van der Waals surface area contributed by atoms with Crippen LogP contribution in [0.5, 0.6) is 0 Å². The molecule has 0 bridgehead atoms. The number of nitrogens with zero attached hydrogens (tertiary/aromatic N) is 4. The lowest BCUT2D eigenvalue weighted by molar-refractivity contribution is -0.119. The van der Waals surface area contributed by atoms with Crippen LogP contribution in [0, 0.1) is 0 Å². The van der Waals surface area contributed by atoms with Gasteiger partial charge in [-0.05, 0) is 0 Å². The summed E-state index contributed by atoms with van der Waals surface area (Å²) < 4.78 is 0. The maximum Gasteiger partial charge on any atom is 0.137 e. The Hall–Kier alpha value is -1.13. The van der Waals surface area contributed by atoms with E-state index in [2.05, 4.69) is 20.5 Å². The van der Waals surface area contributed by atoms with E-state index < -0.39 is 0 Å².